The van der Waals surface area contributed by atoms with Gasteiger partial charge in [-0.25, -0.2) is 17.9 Å². The molecule has 1 heterocycles. The summed E-state index contributed by atoms with van der Waals surface area (Å²) < 4.78 is 42.7. The first-order chi connectivity index (χ1) is 14.9. The van der Waals surface area contributed by atoms with Gasteiger partial charge in [0.2, 0.25) is 10.0 Å². The summed E-state index contributed by atoms with van der Waals surface area (Å²) in [7, 11) is -3.67. The van der Waals surface area contributed by atoms with Gasteiger partial charge in [-0.1, -0.05) is 23.7 Å². The molecule has 3 aromatic rings. The van der Waals surface area contributed by atoms with Crippen molar-refractivity contribution in [3.63, 3.8) is 0 Å². The fraction of sp³-hybridized carbons (Fsp3) is 0.136. The van der Waals surface area contributed by atoms with Gasteiger partial charge in [-0.2, -0.15) is 0 Å². The summed E-state index contributed by atoms with van der Waals surface area (Å²) in [6.45, 7) is 0.355. The van der Waals surface area contributed by atoms with E-state index in [0.717, 1.165) is 0 Å². The maximum Gasteiger partial charge on any atom is 0.330 e. The molecule has 0 aliphatic carbocycles. The lowest BCUT2D eigenvalue weighted by Gasteiger charge is -2.06. The Bertz CT molecular complexity index is 1110. The van der Waals surface area contributed by atoms with Crippen molar-refractivity contribution in [1.29, 1.82) is 0 Å². The molecule has 1 aromatic heterocycles. The van der Waals surface area contributed by atoms with Crippen molar-refractivity contribution in [2.24, 2.45) is 0 Å². The highest BCUT2D eigenvalue weighted by Crippen LogP contribution is 2.15. The van der Waals surface area contributed by atoms with Crippen LogP contribution in [0.15, 0.2) is 82.3 Å². The quantitative estimate of drug-likeness (QED) is 0.278. The van der Waals surface area contributed by atoms with Crippen molar-refractivity contribution < 1.29 is 27.1 Å². The lowest BCUT2D eigenvalue weighted by Crippen LogP contribution is -2.22. The minimum absolute atomic E-state index is 0.0601. The molecule has 162 valence electrons. The Morgan fingerprint density at radius 3 is 2.45 bits per heavy atom. The van der Waals surface area contributed by atoms with Gasteiger partial charge in [-0.15, -0.1) is 0 Å². The van der Waals surface area contributed by atoms with E-state index in [1.54, 1.807) is 48.5 Å². The molecule has 0 saturated carbocycles. The van der Waals surface area contributed by atoms with Crippen LogP contribution in [0, 0.1) is 0 Å². The summed E-state index contributed by atoms with van der Waals surface area (Å²) >= 11 is 5.80. The Kier molecular flexibility index (Phi) is 7.88. The Hall–Kier alpha value is -3.07. The Balaban J connectivity index is 1.43. The number of sulfonamides is 1. The molecular weight excluding hydrogens is 442 g/mol. The Morgan fingerprint density at radius 2 is 1.77 bits per heavy atom. The third-order valence-corrected chi connectivity index (χ3v) is 5.70. The van der Waals surface area contributed by atoms with E-state index < -0.39 is 16.0 Å². The minimum Gasteiger partial charge on any atom is -0.490 e. The number of nitrogens with one attached hydrogen (secondary N) is 1. The number of ether oxygens (including phenoxy) is 2. The van der Waals surface area contributed by atoms with E-state index in [1.807, 2.05) is 0 Å². The highest BCUT2D eigenvalue weighted by molar-refractivity contribution is 7.89. The zero-order valence-electron chi connectivity index (χ0n) is 16.4. The van der Waals surface area contributed by atoms with Crippen LogP contribution in [0.4, 0.5) is 0 Å². The summed E-state index contributed by atoms with van der Waals surface area (Å²) in [5.74, 6) is 0.612. The van der Waals surface area contributed by atoms with Gasteiger partial charge in [0.15, 0.2) is 0 Å². The number of rotatable bonds is 10. The van der Waals surface area contributed by atoms with E-state index in [4.69, 9.17) is 25.5 Å². The lowest BCUT2D eigenvalue weighted by molar-refractivity contribution is -0.138. The Labute approximate surface area is 185 Å². The SMILES string of the molecule is O=C(/C=C/c1ccc(S(=O)(=O)NCc2ccco2)cc1)OCCOc1ccc(Cl)cc1. The second-order valence-electron chi connectivity index (χ2n) is 6.28. The third kappa shape index (κ3) is 7.29. The molecule has 0 amide bonds. The molecule has 0 aliphatic rings. The van der Waals surface area contributed by atoms with Crippen LogP contribution in [0.1, 0.15) is 11.3 Å². The zero-order valence-corrected chi connectivity index (χ0v) is 17.9. The van der Waals surface area contributed by atoms with Gasteiger partial charge in [0, 0.05) is 11.1 Å². The van der Waals surface area contributed by atoms with Gasteiger partial charge in [0.05, 0.1) is 17.7 Å². The molecule has 0 atom stereocenters. The van der Waals surface area contributed by atoms with Crippen LogP contribution in [0.2, 0.25) is 5.02 Å². The molecule has 0 aliphatic heterocycles. The van der Waals surface area contributed by atoms with Gasteiger partial charge >= 0.3 is 5.97 Å². The zero-order chi connectivity index (χ0) is 22.1. The fourth-order valence-electron chi connectivity index (χ4n) is 2.47. The predicted molar refractivity (Wildman–Crippen MR) is 116 cm³/mol. The molecule has 7 nitrogen and oxygen atoms in total. The molecule has 3 rings (SSSR count). The number of hydrogen-bond donors (Lipinski definition) is 1. The number of carbonyl (C=O) groups is 1. The van der Waals surface area contributed by atoms with Crippen LogP contribution in [-0.4, -0.2) is 27.6 Å². The number of carbonyl (C=O) groups excluding carboxylic acids is 1. The van der Waals surface area contributed by atoms with Crippen molar-refractivity contribution in [3.8, 4) is 5.75 Å². The average Bonchev–Trinajstić information content (AvgIpc) is 3.29. The summed E-state index contributed by atoms with van der Waals surface area (Å²) in [5, 5.41) is 0.611. The van der Waals surface area contributed by atoms with E-state index in [0.29, 0.717) is 22.1 Å². The first kappa shape index (κ1) is 22.6. The fourth-order valence-corrected chi connectivity index (χ4v) is 3.59. The summed E-state index contributed by atoms with van der Waals surface area (Å²) in [4.78, 5) is 11.9. The number of furan rings is 1. The molecule has 0 radical (unpaired) electrons. The van der Waals surface area contributed by atoms with Crippen LogP contribution in [-0.2, 0) is 26.1 Å². The van der Waals surface area contributed by atoms with E-state index in [-0.39, 0.29) is 24.7 Å². The minimum atomic E-state index is -3.67. The van der Waals surface area contributed by atoms with Crippen molar-refractivity contribution >= 4 is 33.7 Å². The maximum atomic E-state index is 12.3. The smallest absolute Gasteiger partial charge is 0.330 e. The molecule has 1 N–H and O–H groups in total. The number of esters is 1. The van der Waals surface area contributed by atoms with E-state index in [1.165, 1.54) is 30.5 Å². The van der Waals surface area contributed by atoms with Crippen LogP contribution in [0.5, 0.6) is 5.75 Å². The summed E-state index contributed by atoms with van der Waals surface area (Å²) in [6, 6.07) is 16.3. The molecule has 0 bridgehead atoms. The van der Waals surface area contributed by atoms with E-state index >= 15 is 0 Å². The van der Waals surface area contributed by atoms with Crippen LogP contribution in [0.3, 0.4) is 0 Å². The van der Waals surface area contributed by atoms with Crippen molar-refractivity contribution in [1.82, 2.24) is 4.72 Å². The first-order valence-corrected chi connectivity index (χ1v) is 11.1. The molecule has 2 aromatic carbocycles. The second kappa shape index (κ2) is 10.8. The van der Waals surface area contributed by atoms with Gasteiger partial charge in [-0.3, -0.25) is 0 Å². The van der Waals surface area contributed by atoms with E-state index in [2.05, 4.69) is 4.72 Å². The van der Waals surface area contributed by atoms with Crippen LogP contribution >= 0.6 is 11.6 Å². The highest BCUT2D eigenvalue weighted by atomic mass is 35.5. The van der Waals surface area contributed by atoms with Gasteiger partial charge in [-0.05, 0) is 60.2 Å². The average molecular weight is 462 g/mol. The number of benzene rings is 2. The highest BCUT2D eigenvalue weighted by Gasteiger charge is 2.14. The molecule has 0 saturated heterocycles. The normalized spacial score (nSPS) is 11.5. The topological polar surface area (TPSA) is 94.8 Å². The molecule has 31 heavy (non-hydrogen) atoms. The summed E-state index contributed by atoms with van der Waals surface area (Å²) in [5.41, 5.74) is 0.652. The first-order valence-electron chi connectivity index (χ1n) is 9.28. The predicted octanol–water partition coefficient (Wildman–Crippen LogP) is 4.05. The van der Waals surface area contributed by atoms with Crippen molar-refractivity contribution in [2.45, 2.75) is 11.4 Å². The number of halogens is 1. The molecule has 9 heteroatoms. The molecule has 0 fully saturated rings. The van der Waals surface area contributed by atoms with Crippen molar-refractivity contribution in [2.75, 3.05) is 13.2 Å². The van der Waals surface area contributed by atoms with Crippen molar-refractivity contribution in [3.05, 3.63) is 89.3 Å². The largest absolute Gasteiger partial charge is 0.490 e. The van der Waals surface area contributed by atoms with Gasteiger partial charge < -0.3 is 13.9 Å². The standard InChI is InChI=1S/C22H20ClNO6S/c23-18-6-8-19(9-7-18)29-14-15-30-22(25)12-5-17-3-10-21(11-4-17)31(26,27)24-16-20-2-1-13-28-20/h1-13,24H,14-16H2/b12-5+. The second-order valence-corrected chi connectivity index (χ2v) is 8.48. The van der Waals surface area contributed by atoms with Crippen LogP contribution in [0.25, 0.3) is 6.08 Å². The lowest BCUT2D eigenvalue weighted by atomic mass is 10.2. The van der Waals surface area contributed by atoms with Crippen LogP contribution < -0.4 is 9.46 Å². The number of hydrogen-bond acceptors (Lipinski definition) is 6. The molecule has 0 unspecified atom stereocenters. The van der Waals surface area contributed by atoms with Gasteiger partial charge in [0.1, 0.15) is 24.7 Å². The Morgan fingerprint density at radius 1 is 1.03 bits per heavy atom. The third-order valence-electron chi connectivity index (χ3n) is 4.03. The summed E-state index contributed by atoms with van der Waals surface area (Å²) in [6.07, 6.45) is 4.28. The monoisotopic (exact) mass is 461 g/mol. The van der Waals surface area contributed by atoms with E-state index in [9.17, 15) is 13.2 Å². The molecular formula is C22H20ClNO6S. The van der Waals surface area contributed by atoms with Gasteiger partial charge in [0.25, 0.3) is 0 Å². The molecule has 0 spiro atoms. The maximum absolute atomic E-state index is 12.3.